The van der Waals surface area contributed by atoms with Gasteiger partial charge in [0.05, 0.1) is 0 Å². The van der Waals surface area contributed by atoms with Gasteiger partial charge in [0.15, 0.2) is 5.82 Å². The Kier molecular flexibility index (Phi) is 2.41. The molecule has 1 aromatic carbocycles. The second kappa shape index (κ2) is 3.71. The Balaban J connectivity index is 2.25. The van der Waals surface area contributed by atoms with Crippen LogP contribution in [0.15, 0.2) is 18.2 Å². The van der Waals surface area contributed by atoms with Crippen molar-refractivity contribution in [3.8, 4) is 0 Å². The average Bonchev–Trinajstić information content (AvgIpc) is 2.62. The van der Waals surface area contributed by atoms with Crippen LogP contribution in [-0.4, -0.2) is 20.6 Å². The van der Waals surface area contributed by atoms with Crippen LogP contribution in [0.3, 0.4) is 0 Å². The van der Waals surface area contributed by atoms with Crippen LogP contribution in [0.25, 0.3) is 0 Å². The monoisotopic (exact) mass is 212 g/mol. The molecule has 2 aromatic rings. The lowest BCUT2D eigenvalue weighted by Gasteiger charge is -1.99. The van der Waals surface area contributed by atoms with Crippen molar-refractivity contribution in [2.75, 3.05) is 0 Å². The van der Waals surface area contributed by atoms with Gasteiger partial charge in [0.1, 0.15) is 5.82 Å². The minimum absolute atomic E-state index is 0.305. The van der Waals surface area contributed by atoms with Crippen molar-refractivity contribution in [2.45, 2.75) is 6.42 Å². The number of tetrazole rings is 1. The number of aromatic amines is 1. The van der Waals surface area contributed by atoms with Crippen LogP contribution in [0.2, 0.25) is 5.02 Å². The van der Waals surface area contributed by atoms with Gasteiger partial charge in [-0.25, -0.2) is 4.39 Å². The molecule has 0 fully saturated rings. The Bertz CT molecular complexity index is 429. The van der Waals surface area contributed by atoms with E-state index in [1.807, 2.05) is 0 Å². The van der Waals surface area contributed by atoms with Crippen LogP contribution in [-0.2, 0) is 6.42 Å². The number of nitrogens with one attached hydrogen (secondary N) is 1. The Morgan fingerprint density at radius 3 is 2.93 bits per heavy atom. The molecule has 72 valence electrons. The summed E-state index contributed by atoms with van der Waals surface area (Å²) < 4.78 is 13.3. The van der Waals surface area contributed by atoms with Gasteiger partial charge >= 0.3 is 0 Å². The van der Waals surface area contributed by atoms with Gasteiger partial charge < -0.3 is 0 Å². The van der Waals surface area contributed by atoms with Crippen molar-refractivity contribution in [2.24, 2.45) is 0 Å². The average molecular weight is 213 g/mol. The van der Waals surface area contributed by atoms with Crippen molar-refractivity contribution in [1.82, 2.24) is 20.6 Å². The van der Waals surface area contributed by atoms with Crippen molar-refractivity contribution < 1.29 is 4.39 Å². The van der Waals surface area contributed by atoms with Crippen molar-refractivity contribution in [3.05, 3.63) is 40.4 Å². The van der Waals surface area contributed by atoms with E-state index in [1.165, 1.54) is 6.07 Å². The predicted octanol–water partition coefficient (Wildman–Crippen LogP) is 1.58. The number of hydrogen-bond donors (Lipinski definition) is 1. The van der Waals surface area contributed by atoms with Gasteiger partial charge in [-0.2, -0.15) is 5.21 Å². The smallest absolute Gasteiger partial charge is 0.179 e. The molecule has 0 aliphatic heterocycles. The zero-order valence-corrected chi connectivity index (χ0v) is 7.79. The summed E-state index contributed by atoms with van der Waals surface area (Å²) in [5.41, 5.74) is 0.496. The maximum absolute atomic E-state index is 13.3. The third-order valence-electron chi connectivity index (χ3n) is 1.75. The summed E-state index contributed by atoms with van der Waals surface area (Å²) in [5, 5.41) is 13.5. The Morgan fingerprint density at radius 2 is 2.29 bits per heavy atom. The quantitative estimate of drug-likeness (QED) is 0.823. The summed E-state index contributed by atoms with van der Waals surface area (Å²) in [6.07, 6.45) is 0.305. The number of hydrogen-bond acceptors (Lipinski definition) is 3. The summed E-state index contributed by atoms with van der Waals surface area (Å²) in [4.78, 5) is 0. The standard InChI is InChI=1S/C8H6ClFN4/c9-6-2-1-5(7(10)4-6)3-8-11-13-14-12-8/h1-2,4H,3H2,(H,11,12,13,14). The van der Waals surface area contributed by atoms with Crippen LogP contribution >= 0.6 is 11.6 Å². The summed E-state index contributed by atoms with van der Waals surface area (Å²) >= 11 is 5.61. The van der Waals surface area contributed by atoms with E-state index in [9.17, 15) is 4.39 Å². The minimum Gasteiger partial charge on any atom is -0.207 e. The second-order valence-corrected chi connectivity index (χ2v) is 3.18. The zero-order valence-electron chi connectivity index (χ0n) is 7.04. The molecule has 0 atom stereocenters. The fourth-order valence-electron chi connectivity index (χ4n) is 1.09. The largest absolute Gasteiger partial charge is 0.207 e. The topological polar surface area (TPSA) is 54.5 Å². The minimum atomic E-state index is -0.359. The van der Waals surface area contributed by atoms with Crippen molar-refractivity contribution in [1.29, 1.82) is 0 Å². The van der Waals surface area contributed by atoms with Gasteiger partial charge in [-0.05, 0) is 17.7 Å². The third-order valence-corrected chi connectivity index (χ3v) is 1.99. The number of nitrogens with zero attached hydrogens (tertiary/aromatic N) is 3. The molecule has 1 N–H and O–H groups in total. The van der Waals surface area contributed by atoms with Gasteiger partial charge in [0.25, 0.3) is 0 Å². The SMILES string of the molecule is Fc1cc(Cl)ccc1Cc1nn[nH]n1. The summed E-state index contributed by atoms with van der Waals surface area (Å²) in [6.45, 7) is 0. The zero-order chi connectivity index (χ0) is 9.97. The molecule has 1 aromatic heterocycles. The van der Waals surface area contributed by atoms with E-state index in [0.29, 0.717) is 22.8 Å². The maximum atomic E-state index is 13.3. The van der Waals surface area contributed by atoms with Crippen LogP contribution in [0.5, 0.6) is 0 Å². The molecule has 2 rings (SSSR count). The highest BCUT2D eigenvalue weighted by atomic mass is 35.5. The molecule has 0 bridgehead atoms. The molecule has 0 aliphatic carbocycles. The molecule has 0 amide bonds. The number of H-pyrrole nitrogens is 1. The molecular formula is C8H6ClFN4. The maximum Gasteiger partial charge on any atom is 0.179 e. The van der Waals surface area contributed by atoms with Crippen LogP contribution in [0, 0.1) is 5.82 Å². The molecular weight excluding hydrogens is 207 g/mol. The fraction of sp³-hybridized carbons (Fsp3) is 0.125. The molecule has 14 heavy (non-hydrogen) atoms. The van der Waals surface area contributed by atoms with Gasteiger partial charge in [0.2, 0.25) is 0 Å². The number of benzene rings is 1. The van der Waals surface area contributed by atoms with E-state index in [1.54, 1.807) is 12.1 Å². The Hall–Kier alpha value is -1.49. The molecule has 0 saturated heterocycles. The molecule has 0 aliphatic rings. The first kappa shape index (κ1) is 9.08. The fourth-order valence-corrected chi connectivity index (χ4v) is 1.25. The second-order valence-electron chi connectivity index (χ2n) is 2.74. The molecule has 0 unspecified atom stereocenters. The van der Waals surface area contributed by atoms with E-state index in [4.69, 9.17) is 11.6 Å². The lowest BCUT2D eigenvalue weighted by atomic mass is 10.1. The van der Waals surface area contributed by atoms with E-state index in [0.717, 1.165) is 0 Å². The molecule has 0 saturated carbocycles. The molecule has 4 nitrogen and oxygen atoms in total. The van der Waals surface area contributed by atoms with E-state index in [-0.39, 0.29) is 5.82 Å². The normalized spacial score (nSPS) is 10.4. The lowest BCUT2D eigenvalue weighted by molar-refractivity contribution is 0.612. The highest BCUT2D eigenvalue weighted by Crippen LogP contribution is 2.16. The van der Waals surface area contributed by atoms with Gasteiger partial charge in [-0.1, -0.05) is 22.9 Å². The molecule has 6 heteroatoms. The first-order chi connectivity index (χ1) is 6.75. The summed E-state index contributed by atoms with van der Waals surface area (Å²) in [5.74, 6) is 0.0912. The van der Waals surface area contributed by atoms with E-state index < -0.39 is 0 Å². The summed E-state index contributed by atoms with van der Waals surface area (Å²) in [7, 11) is 0. The Labute approximate surface area is 84.1 Å². The number of rotatable bonds is 2. The lowest BCUT2D eigenvalue weighted by Crippen LogP contribution is -1.94. The Morgan fingerprint density at radius 1 is 1.43 bits per heavy atom. The highest BCUT2D eigenvalue weighted by molar-refractivity contribution is 6.30. The predicted molar refractivity (Wildman–Crippen MR) is 48.4 cm³/mol. The van der Waals surface area contributed by atoms with Crippen molar-refractivity contribution >= 4 is 11.6 Å². The first-order valence-corrected chi connectivity index (χ1v) is 4.30. The number of aromatic nitrogens is 4. The molecule has 0 spiro atoms. The van der Waals surface area contributed by atoms with Crippen LogP contribution in [0.1, 0.15) is 11.4 Å². The van der Waals surface area contributed by atoms with Gasteiger partial charge in [-0.15, -0.1) is 10.2 Å². The molecule has 1 heterocycles. The van der Waals surface area contributed by atoms with Gasteiger partial charge in [-0.3, -0.25) is 0 Å². The third kappa shape index (κ3) is 1.88. The van der Waals surface area contributed by atoms with E-state index in [2.05, 4.69) is 20.6 Å². The summed E-state index contributed by atoms with van der Waals surface area (Å²) in [6, 6.07) is 4.49. The van der Waals surface area contributed by atoms with Crippen LogP contribution < -0.4 is 0 Å². The first-order valence-electron chi connectivity index (χ1n) is 3.92. The van der Waals surface area contributed by atoms with Crippen LogP contribution in [0.4, 0.5) is 4.39 Å². The van der Waals surface area contributed by atoms with Crippen molar-refractivity contribution in [3.63, 3.8) is 0 Å². The van der Waals surface area contributed by atoms with E-state index >= 15 is 0 Å². The van der Waals surface area contributed by atoms with Gasteiger partial charge in [0, 0.05) is 11.4 Å². The molecule has 0 radical (unpaired) electrons. The highest BCUT2D eigenvalue weighted by Gasteiger charge is 2.06. The number of halogens is 2.